The van der Waals surface area contributed by atoms with E-state index < -0.39 is 0 Å². The number of nitrogens with two attached hydrogens (primary N) is 1. The van der Waals surface area contributed by atoms with Gasteiger partial charge in [0.05, 0.1) is 6.54 Å². The quantitative estimate of drug-likeness (QED) is 0.835. The number of likely N-dealkylation sites (N-methyl/N-ethyl adjacent to an activating group) is 1. The summed E-state index contributed by atoms with van der Waals surface area (Å²) in [5, 5.41) is 4.12. The Bertz CT molecular complexity index is 414. The van der Waals surface area contributed by atoms with Crippen molar-refractivity contribution in [3.8, 4) is 0 Å². The molecule has 1 amide bonds. The number of carbonyl (C=O) groups excluding carboxylic acids is 1. The number of rotatable bonds is 5. The van der Waals surface area contributed by atoms with Gasteiger partial charge in [-0.3, -0.25) is 4.79 Å². The maximum absolute atomic E-state index is 11.7. The zero-order valence-corrected chi connectivity index (χ0v) is 11.0. The van der Waals surface area contributed by atoms with Gasteiger partial charge in [0.25, 0.3) is 0 Å². The Balaban J connectivity index is 1.97. The fraction of sp³-hybridized carbons (Fsp3) is 0.636. The molecule has 6 heteroatoms. The molecule has 94 valence electrons. The molecule has 1 aliphatic carbocycles. The first-order chi connectivity index (χ1) is 8.13. The Hall–Kier alpha value is -1.30. The zero-order valence-electron chi connectivity index (χ0n) is 10.2. The van der Waals surface area contributed by atoms with E-state index in [1.54, 1.807) is 11.9 Å². The monoisotopic (exact) mass is 254 g/mol. The van der Waals surface area contributed by atoms with Gasteiger partial charge in [-0.1, -0.05) is 0 Å². The number of aromatic nitrogens is 1. The molecule has 0 aromatic carbocycles. The molecule has 0 bridgehead atoms. The zero-order chi connectivity index (χ0) is 12.4. The van der Waals surface area contributed by atoms with Gasteiger partial charge in [0.15, 0.2) is 0 Å². The van der Waals surface area contributed by atoms with E-state index in [-0.39, 0.29) is 5.91 Å². The number of nitrogens with one attached hydrogen (secondary N) is 1. The molecule has 1 aliphatic rings. The van der Waals surface area contributed by atoms with Gasteiger partial charge >= 0.3 is 0 Å². The lowest BCUT2D eigenvalue weighted by Crippen LogP contribution is -2.31. The molecule has 0 saturated heterocycles. The molecule has 0 aliphatic heterocycles. The van der Waals surface area contributed by atoms with E-state index in [0.29, 0.717) is 18.3 Å². The highest BCUT2D eigenvalue weighted by Gasteiger charge is 2.30. The van der Waals surface area contributed by atoms with Crippen LogP contribution in [0.1, 0.15) is 31.2 Å². The highest BCUT2D eigenvalue weighted by atomic mass is 32.1. The van der Waals surface area contributed by atoms with Crippen LogP contribution in [0.2, 0.25) is 0 Å². The summed E-state index contributed by atoms with van der Waals surface area (Å²) in [5.74, 6) is 1.26. The van der Waals surface area contributed by atoms with Crippen molar-refractivity contribution in [3.63, 3.8) is 0 Å². The van der Waals surface area contributed by atoms with Crippen LogP contribution in [0.5, 0.6) is 0 Å². The summed E-state index contributed by atoms with van der Waals surface area (Å²) in [6, 6.07) is 0. The molecule has 1 heterocycles. The number of nitrogens with zero attached hydrogens (tertiary/aromatic N) is 2. The minimum absolute atomic E-state index is 0.0845. The lowest BCUT2D eigenvalue weighted by molar-refractivity contribution is -0.127. The smallest absolute Gasteiger partial charge is 0.241 e. The van der Waals surface area contributed by atoms with E-state index >= 15 is 0 Å². The van der Waals surface area contributed by atoms with Crippen molar-refractivity contribution in [2.45, 2.75) is 25.7 Å². The molecule has 5 nitrogen and oxygen atoms in total. The van der Waals surface area contributed by atoms with Crippen LogP contribution in [-0.4, -0.2) is 35.3 Å². The topological polar surface area (TPSA) is 71.2 Å². The third kappa shape index (κ3) is 2.69. The third-order valence-corrected chi connectivity index (χ3v) is 3.88. The number of hydrogen-bond acceptors (Lipinski definition) is 5. The summed E-state index contributed by atoms with van der Waals surface area (Å²) in [6.07, 6.45) is 2.36. The lowest BCUT2D eigenvalue weighted by atomic mass is 10.2. The molecule has 0 atom stereocenters. The summed E-state index contributed by atoms with van der Waals surface area (Å²) < 4.78 is 4.15. The van der Waals surface area contributed by atoms with Crippen LogP contribution >= 0.6 is 11.5 Å². The average molecular weight is 254 g/mol. The first kappa shape index (κ1) is 12.2. The van der Waals surface area contributed by atoms with Gasteiger partial charge in [-0.15, -0.1) is 0 Å². The maximum Gasteiger partial charge on any atom is 0.241 e. The van der Waals surface area contributed by atoms with Gasteiger partial charge in [0.2, 0.25) is 5.91 Å². The second-order valence-electron chi connectivity index (χ2n) is 4.35. The Labute approximate surface area is 105 Å². The second-order valence-corrected chi connectivity index (χ2v) is 5.12. The van der Waals surface area contributed by atoms with Crippen molar-refractivity contribution >= 4 is 28.3 Å². The van der Waals surface area contributed by atoms with Crippen molar-refractivity contribution in [2.75, 3.05) is 31.2 Å². The van der Waals surface area contributed by atoms with Crippen LogP contribution in [0, 0.1) is 0 Å². The summed E-state index contributed by atoms with van der Waals surface area (Å²) in [7, 11) is 1.80. The van der Waals surface area contributed by atoms with Gasteiger partial charge in [-0.25, -0.2) is 0 Å². The molecular formula is C11H18N4OS. The van der Waals surface area contributed by atoms with Crippen LogP contribution in [-0.2, 0) is 4.79 Å². The van der Waals surface area contributed by atoms with Crippen LogP contribution < -0.4 is 11.1 Å². The Morgan fingerprint density at radius 3 is 2.94 bits per heavy atom. The summed E-state index contributed by atoms with van der Waals surface area (Å²) in [4.78, 5) is 13.4. The largest absolute Gasteiger partial charge is 0.383 e. The van der Waals surface area contributed by atoms with E-state index in [2.05, 4.69) is 9.69 Å². The molecule has 17 heavy (non-hydrogen) atoms. The van der Waals surface area contributed by atoms with Gasteiger partial charge in [-0.05, 0) is 37.2 Å². The lowest BCUT2D eigenvalue weighted by Gasteiger charge is -2.15. The first-order valence-corrected chi connectivity index (χ1v) is 6.63. The minimum atomic E-state index is 0.0845. The molecule has 2 rings (SSSR count). The molecule has 3 N–H and O–H groups in total. The molecule has 0 radical (unpaired) electrons. The SMILES string of the molecule is CCN(C)C(=O)CNc1snc(N)c1C1CC1. The van der Waals surface area contributed by atoms with E-state index in [4.69, 9.17) is 5.73 Å². The molecule has 1 aromatic rings. The standard InChI is InChI=1S/C11H18N4OS/c1-3-15(2)8(16)6-13-11-9(7-4-5-7)10(12)14-17-11/h7,13H,3-6H2,1-2H3,(H2,12,14). The number of anilines is 2. The van der Waals surface area contributed by atoms with Crippen molar-refractivity contribution < 1.29 is 4.79 Å². The van der Waals surface area contributed by atoms with E-state index in [9.17, 15) is 4.79 Å². The number of nitrogen functional groups attached to an aromatic ring is 1. The Morgan fingerprint density at radius 1 is 1.65 bits per heavy atom. The molecule has 1 fully saturated rings. The van der Waals surface area contributed by atoms with Crippen LogP contribution in [0.4, 0.5) is 10.8 Å². The fourth-order valence-corrected chi connectivity index (χ4v) is 2.47. The number of amides is 1. The second kappa shape index (κ2) is 4.91. The van der Waals surface area contributed by atoms with Gasteiger partial charge in [0, 0.05) is 19.2 Å². The van der Waals surface area contributed by atoms with Crippen molar-refractivity contribution in [1.29, 1.82) is 0 Å². The van der Waals surface area contributed by atoms with E-state index in [0.717, 1.165) is 17.1 Å². The van der Waals surface area contributed by atoms with Crippen LogP contribution in [0.15, 0.2) is 0 Å². The maximum atomic E-state index is 11.7. The van der Waals surface area contributed by atoms with Crippen LogP contribution in [0.3, 0.4) is 0 Å². The minimum Gasteiger partial charge on any atom is -0.383 e. The number of hydrogen-bond donors (Lipinski definition) is 2. The summed E-state index contributed by atoms with van der Waals surface area (Å²) >= 11 is 1.35. The Morgan fingerprint density at radius 2 is 2.35 bits per heavy atom. The van der Waals surface area contributed by atoms with E-state index in [1.165, 1.54) is 24.4 Å². The van der Waals surface area contributed by atoms with Crippen LogP contribution in [0.25, 0.3) is 0 Å². The van der Waals surface area contributed by atoms with Gasteiger partial charge in [-0.2, -0.15) is 4.37 Å². The fourth-order valence-electron chi connectivity index (χ4n) is 1.67. The highest BCUT2D eigenvalue weighted by Crippen LogP contribution is 2.47. The average Bonchev–Trinajstić information content (AvgIpc) is 3.09. The summed E-state index contributed by atoms with van der Waals surface area (Å²) in [6.45, 7) is 2.99. The number of carbonyl (C=O) groups is 1. The van der Waals surface area contributed by atoms with Crippen molar-refractivity contribution in [3.05, 3.63) is 5.56 Å². The Kier molecular flexibility index (Phi) is 3.51. The molecule has 1 aromatic heterocycles. The summed E-state index contributed by atoms with van der Waals surface area (Å²) in [5.41, 5.74) is 6.95. The molecule has 0 unspecified atom stereocenters. The third-order valence-electron chi connectivity index (χ3n) is 3.04. The van der Waals surface area contributed by atoms with E-state index in [1.807, 2.05) is 6.92 Å². The molecule has 1 saturated carbocycles. The predicted molar refractivity (Wildman–Crippen MR) is 70.3 cm³/mol. The normalized spacial score (nSPS) is 14.7. The van der Waals surface area contributed by atoms with Gasteiger partial charge < -0.3 is 16.0 Å². The molecule has 0 spiro atoms. The predicted octanol–water partition coefficient (Wildman–Crippen LogP) is 1.49. The highest BCUT2D eigenvalue weighted by molar-refractivity contribution is 7.10. The molecular weight excluding hydrogens is 236 g/mol. The van der Waals surface area contributed by atoms with Gasteiger partial charge in [0.1, 0.15) is 10.8 Å². The first-order valence-electron chi connectivity index (χ1n) is 5.86. The van der Waals surface area contributed by atoms with Crippen molar-refractivity contribution in [2.24, 2.45) is 0 Å². The van der Waals surface area contributed by atoms with Crippen molar-refractivity contribution in [1.82, 2.24) is 9.27 Å².